The van der Waals surface area contributed by atoms with Crippen LogP contribution in [0.15, 0.2) is 57.4 Å². The maximum atomic E-state index is 5.35. The largest absolute Gasteiger partial charge is 0.496 e. The second kappa shape index (κ2) is 5.22. The van der Waals surface area contributed by atoms with E-state index in [0.717, 1.165) is 25.9 Å². The minimum absolute atomic E-state index is 0.774. The normalized spacial score (nSPS) is 10.8. The Balaban J connectivity index is 2.07. The zero-order chi connectivity index (χ0) is 13.2. The number of methoxy groups -OCH3 is 1. The van der Waals surface area contributed by atoms with Crippen LogP contribution in [0.25, 0.3) is 5.65 Å². The van der Waals surface area contributed by atoms with Crippen LogP contribution in [0.2, 0.25) is 0 Å². The zero-order valence-electron chi connectivity index (χ0n) is 10.1. The fourth-order valence-corrected chi connectivity index (χ4v) is 3.26. The van der Waals surface area contributed by atoms with Crippen LogP contribution < -0.4 is 4.74 Å². The number of benzene rings is 1. The number of fused-ring (bicyclic) bond motifs is 1. The van der Waals surface area contributed by atoms with Crippen LogP contribution in [0.4, 0.5) is 0 Å². The third-order valence-corrected chi connectivity index (χ3v) is 4.00. The van der Waals surface area contributed by atoms with Gasteiger partial charge >= 0.3 is 0 Å². The molecule has 0 fully saturated rings. The van der Waals surface area contributed by atoms with Gasteiger partial charge in [-0.3, -0.25) is 0 Å². The van der Waals surface area contributed by atoms with Gasteiger partial charge in [-0.25, -0.2) is 9.97 Å². The highest BCUT2D eigenvalue weighted by Crippen LogP contribution is 2.35. The van der Waals surface area contributed by atoms with Crippen LogP contribution in [0.1, 0.15) is 0 Å². The summed E-state index contributed by atoms with van der Waals surface area (Å²) in [5, 5.41) is 0.837. The number of imidazole rings is 1. The summed E-state index contributed by atoms with van der Waals surface area (Å²) < 4.78 is 8.07. The summed E-state index contributed by atoms with van der Waals surface area (Å²) in [6.45, 7) is 0. The summed E-state index contributed by atoms with van der Waals surface area (Å²) in [6, 6.07) is 7.86. The molecule has 0 radical (unpaired) electrons. The maximum absolute atomic E-state index is 5.35. The Morgan fingerprint density at radius 1 is 1.32 bits per heavy atom. The Bertz CT molecular complexity index is 729. The molecule has 3 rings (SSSR count). The average Bonchev–Trinajstić information content (AvgIpc) is 2.87. The molecule has 0 amide bonds. The van der Waals surface area contributed by atoms with E-state index in [1.807, 2.05) is 41.1 Å². The molecule has 0 aliphatic carbocycles. The Kier molecular flexibility index (Phi) is 3.44. The van der Waals surface area contributed by atoms with Gasteiger partial charge < -0.3 is 9.14 Å². The summed E-state index contributed by atoms with van der Waals surface area (Å²) in [6.07, 6.45) is 5.54. The molecular weight excluding hydrogens is 326 g/mol. The lowest BCUT2D eigenvalue weighted by atomic mass is 10.3. The van der Waals surface area contributed by atoms with E-state index in [4.69, 9.17) is 4.74 Å². The van der Waals surface area contributed by atoms with Gasteiger partial charge in [0.05, 0.1) is 12.0 Å². The van der Waals surface area contributed by atoms with E-state index < -0.39 is 0 Å². The number of para-hydroxylation sites is 1. The second-order valence-electron chi connectivity index (χ2n) is 3.78. The van der Waals surface area contributed by atoms with Crippen molar-refractivity contribution < 1.29 is 4.74 Å². The standard InChI is InChI=1S/C13H10BrN3OS/c1-18-9-4-2-3-5-10(9)19-13-12-15-6-7-17(12)8-11(14)16-13/h2-8H,1H3. The molecule has 0 aliphatic heterocycles. The summed E-state index contributed by atoms with van der Waals surface area (Å²) in [5.41, 5.74) is 0.833. The van der Waals surface area contributed by atoms with E-state index in [1.54, 1.807) is 13.3 Å². The second-order valence-corrected chi connectivity index (χ2v) is 5.62. The number of hydrogen-bond donors (Lipinski definition) is 0. The van der Waals surface area contributed by atoms with Crippen LogP contribution in [0, 0.1) is 0 Å². The van der Waals surface area contributed by atoms with Crippen LogP contribution in [0.5, 0.6) is 5.75 Å². The lowest BCUT2D eigenvalue weighted by Gasteiger charge is -2.08. The highest BCUT2D eigenvalue weighted by Gasteiger charge is 2.11. The highest BCUT2D eigenvalue weighted by atomic mass is 79.9. The number of halogens is 1. The van der Waals surface area contributed by atoms with Gasteiger partial charge in [0.1, 0.15) is 15.4 Å². The first-order chi connectivity index (χ1) is 9.28. The van der Waals surface area contributed by atoms with Gasteiger partial charge in [0.15, 0.2) is 5.65 Å². The van der Waals surface area contributed by atoms with Gasteiger partial charge in [-0.05, 0) is 28.1 Å². The Morgan fingerprint density at radius 3 is 3.00 bits per heavy atom. The van der Waals surface area contributed by atoms with Crippen molar-refractivity contribution in [2.45, 2.75) is 9.92 Å². The molecule has 0 spiro atoms. The minimum Gasteiger partial charge on any atom is -0.496 e. The van der Waals surface area contributed by atoms with E-state index >= 15 is 0 Å². The van der Waals surface area contributed by atoms with Crippen molar-refractivity contribution in [3.8, 4) is 5.75 Å². The quantitative estimate of drug-likeness (QED) is 0.732. The topological polar surface area (TPSA) is 39.4 Å². The lowest BCUT2D eigenvalue weighted by molar-refractivity contribution is 0.405. The molecule has 0 atom stereocenters. The molecule has 2 aromatic heterocycles. The van der Waals surface area contributed by atoms with E-state index in [9.17, 15) is 0 Å². The van der Waals surface area contributed by atoms with Crippen molar-refractivity contribution in [3.63, 3.8) is 0 Å². The zero-order valence-corrected chi connectivity index (χ0v) is 12.5. The van der Waals surface area contributed by atoms with Crippen molar-refractivity contribution in [1.29, 1.82) is 0 Å². The Hall–Kier alpha value is -1.53. The Morgan fingerprint density at radius 2 is 2.16 bits per heavy atom. The van der Waals surface area contributed by atoms with Crippen molar-refractivity contribution >= 4 is 33.3 Å². The third kappa shape index (κ3) is 2.46. The van der Waals surface area contributed by atoms with Crippen molar-refractivity contribution in [2.24, 2.45) is 0 Å². The number of aromatic nitrogens is 3. The van der Waals surface area contributed by atoms with Gasteiger partial charge in [0.2, 0.25) is 0 Å². The molecule has 4 nitrogen and oxygen atoms in total. The van der Waals surface area contributed by atoms with Gasteiger partial charge in [0.25, 0.3) is 0 Å². The number of ether oxygens (including phenoxy) is 1. The molecule has 96 valence electrons. The first-order valence-electron chi connectivity index (χ1n) is 5.58. The Labute approximate surface area is 123 Å². The number of nitrogens with zero attached hydrogens (tertiary/aromatic N) is 3. The molecule has 0 saturated heterocycles. The highest BCUT2D eigenvalue weighted by molar-refractivity contribution is 9.10. The van der Waals surface area contributed by atoms with Crippen LogP contribution in [-0.2, 0) is 0 Å². The summed E-state index contributed by atoms with van der Waals surface area (Å²) in [5.74, 6) is 0.832. The van der Waals surface area contributed by atoms with Crippen LogP contribution in [0.3, 0.4) is 0 Å². The van der Waals surface area contributed by atoms with Crippen LogP contribution >= 0.6 is 27.7 Å². The molecule has 0 bridgehead atoms. The predicted octanol–water partition coefficient (Wildman–Crippen LogP) is 3.65. The maximum Gasteiger partial charge on any atom is 0.170 e. The molecule has 0 aliphatic rings. The van der Waals surface area contributed by atoms with E-state index in [1.165, 1.54) is 11.8 Å². The van der Waals surface area contributed by atoms with Crippen molar-refractivity contribution in [2.75, 3.05) is 7.11 Å². The summed E-state index contributed by atoms with van der Waals surface area (Å²) in [4.78, 5) is 9.83. The SMILES string of the molecule is COc1ccccc1Sc1nc(Br)cn2ccnc12. The van der Waals surface area contributed by atoms with Crippen molar-refractivity contribution in [1.82, 2.24) is 14.4 Å². The fourth-order valence-electron chi connectivity index (χ4n) is 1.75. The van der Waals surface area contributed by atoms with Gasteiger partial charge in [0, 0.05) is 18.6 Å². The first kappa shape index (κ1) is 12.5. The number of rotatable bonds is 3. The van der Waals surface area contributed by atoms with Crippen LogP contribution in [-0.4, -0.2) is 21.5 Å². The molecule has 3 aromatic rings. The van der Waals surface area contributed by atoms with Gasteiger partial charge in [-0.15, -0.1) is 0 Å². The smallest absolute Gasteiger partial charge is 0.170 e. The molecule has 0 saturated carbocycles. The fraction of sp³-hybridized carbons (Fsp3) is 0.0769. The predicted molar refractivity (Wildman–Crippen MR) is 77.8 cm³/mol. The molecule has 1 aromatic carbocycles. The van der Waals surface area contributed by atoms with Gasteiger partial charge in [-0.1, -0.05) is 23.9 Å². The first-order valence-corrected chi connectivity index (χ1v) is 7.19. The van der Waals surface area contributed by atoms with Gasteiger partial charge in [-0.2, -0.15) is 0 Å². The third-order valence-electron chi connectivity index (χ3n) is 2.59. The van der Waals surface area contributed by atoms with E-state index in [2.05, 4.69) is 25.9 Å². The van der Waals surface area contributed by atoms with Crippen molar-refractivity contribution in [3.05, 3.63) is 47.5 Å². The molecule has 2 heterocycles. The molecule has 0 N–H and O–H groups in total. The average molecular weight is 336 g/mol. The summed E-state index contributed by atoms with van der Waals surface area (Å²) >= 11 is 4.95. The number of hydrogen-bond acceptors (Lipinski definition) is 4. The lowest BCUT2D eigenvalue weighted by Crippen LogP contribution is -1.92. The molecule has 19 heavy (non-hydrogen) atoms. The van der Waals surface area contributed by atoms with E-state index in [0.29, 0.717) is 0 Å². The molecule has 6 heteroatoms. The molecule has 0 unspecified atom stereocenters. The molecular formula is C13H10BrN3OS. The monoisotopic (exact) mass is 335 g/mol. The summed E-state index contributed by atoms with van der Waals surface area (Å²) in [7, 11) is 1.67. The minimum atomic E-state index is 0.774. The van der Waals surface area contributed by atoms with E-state index in [-0.39, 0.29) is 0 Å².